The fraction of sp³-hybridized carbons (Fsp3) is 0.278. The van der Waals surface area contributed by atoms with E-state index in [2.05, 4.69) is 10.6 Å². The van der Waals surface area contributed by atoms with E-state index in [0.29, 0.717) is 18.8 Å². The molecule has 24 heavy (non-hydrogen) atoms. The Balaban J connectivity index is 1.74. The summed E-state index contributed by atoms with van der Waals surface area (Å²) in [6.45, 7) is 4.63. The molecule has 0 atom stereocenters. The van der Waals surface area contributed by atoms with E-state index >= 15 is 0 Å². The van der Waals surface area contributed by atoms with E-state index in [1.54, 1.807) is 31.4 Å². The number of hydrogen-bond donors (Lipinski definition) is 2. The first-order valence-electron chi connectivity index (χ1n) is 7.58. The van der Waals surface area contributed by atoms with Gasteiger partial charge in [-0.1, -0.05) is 11.6 Å². The average molecular weight is 349 g/mol. The van der Waals surface area contributed by atoms with Gasteiger partial charge in [0.1, 0.15) is 18.1 Å². The van der Waals surface area contributed by atoms with Gasteiger partial charge in [-0.05, 0) is 61.4 Å². The summed E-state index contributed by atoms with van der Waals surface area (Å²) < 4.78 is 10.7. The molecule has 0 radical (unpaired) electrons. The van der Waals surface area contributed by atoms with Crippen molar-refractivity contribution in [2.45, 2.75) is 13.8 Å². The monoisotopic (exact) mass is 348 g/mol. The van der Waals surface area contributed by atoms with Crippen LogP contribution < -0.4 is 20.1 Å². The fourth-order valence-electron chi connectivity index (χ4n) is 2.17. The zero-order chi connectivity index (χ0) is 17.5. The molecule has 2 amide bonds. The number of ether oxygens (including phenoxy) is 2. The van der Waals surface area contributed by atoms with Crippen molar-refractivity contribution in [3.05, 3.63) is 52.5 Å². The number of carbonyl (C=O) groups is 1. The summed E-state index contributed by atoms with van der Waals surface area (Å²) in [5.74, 6) is 1.48. The van der Waals surface area contributed by atoms with E-state index in [1.807, 2.05) is 26.0 Å². The predicted octanol–water partition coefficient (Wildman–Crippen LogP) is 4.17. The SMILES string of the molecule is COc1ccc(NC(=O)NCCOc2cc(C)c(Cl)c(C)c2)cc1. The van der Waals surface area contributed by atoms with Crippen LogP contribution in [0.1, 0.15) is 11.1 Å². The van der Waals surface area contributed by atoms with E-state index in [4.69, 9.17) is 21.1 Å². The van der Waals surface area contributed by atoms with Crippen LogP contribution in [0.2, 0.25) is 5.02 Å². The standard InChI is InChI=1S/C18H21ClN2O3/c1-12-10-16(11-13(2)17(12)19)24-9-8-20-18(22)21-14-4-6-15(23-3)7-5-14/h4-7,10-11H,8-9H2,1-3H3,(H2,20,21,22). The third kappa shape index (κ3) is 5.06. The molecule has 0 unspecified atom stereocenters. The summed E-state index contributed by atoms with van der Waals surface area (Å²) in [5, 5.41) is 6.23. The molecule has 0 heterocycles. The molecule has 5 nitrogen and oxygen atoms in total. The number of urea groups is 1. The number of anilines is 1. The van der Waals surface area contributed by atoms with Crippen LogP contribution in [0.3, 0.4) is 0 Å². The Bertz CT molecular complexity index is 679. The van der Waals surface area contributed by atoms with E-state index in [1.165, 1.54) is 0 Å². The van der Waals surface area contributed by atoms with E-state index < -0.39 is 0 Å². The van der Waals surface area contributed by atoms with Gasteiger partial charge >= 0.3 is 6.03 Å². The van der Waals surface area contributed by atoms with Crippen LogP contribution in [0, 0.1) is 13.8 Å². The van der Waals surface area contributed by atoms with Gasteiger partial charge in [0.15, 0.2) is 0 Å². The topological polar surface area (TPSA) is 59.6 Å². The van der Waals surface area contributed by atoms with Gasteiger partial charge in [0, 0.05) is 10.7 Å². The van der Waals surface area contributed by atoms with Crippen LogP contribution in [-0.4, -0.2) is 26.3 Å². The molecular formula is C18H21ClN2O3. The number of aryl methyl sites for hydroxylation is 2. The second-order valence-corrected chi connectivity index (χ2v) is 5.71. The first kappa shape index (κ1) is 17.9. The Morgan fingerprint density at radius 3 is 2.29 bits per heavy atom. The quantitative estimate of drug-likeness (QED) is 0.770. The average Bonchev–Trinajstić information content (AvgIpc) is 2.57. The van der Waals surface area contributed by atoms with E-state index in [9.17, 15) is 4.79 Å². The molecule has 0 aromatic heterocycles. The number of hydrogen-bond acceptors (Lipinski definition) is 3. The van der Waals surface area contributed by atoms with Crippen LogP contribution >= 0.6 is 11.6 Å². The van der Waals surface area contributed by atoms with Crippen molar-refractivity contribution < 1.29 is 14.3 Å². The minimum atomic E-state index is -0.285. The number of halogens is 1. The highest BCUT2D eigenvalue weighted by Gasteiger charge is 2.04. The van der Waals surface area contributed by atoms with Crippen molar-refractivity contribution in [1.29, 1.82) is 0 Å². The van der Waals surface area contributed by atoms with Crippen LogP contribution in [0.4, 0.5) is 10.5 Å². The lowest BCUT2D eigenvalue weighted by Gasteiger charge is -2.11. The van der Waals surface area contributed by atoms with Gasteiger partial charge in [-0.2, -0.15) is 0 Å². The summed E-state index contributed by atoms with van der Waals surface area (Å²) in [5.41, 5.74) is 2.63. The van der Waals surface area contributed by atoms with Crippen LogP contribution in [0.25, 0.3) is 0 Å². The summed E-state index contributed by atoms with van der Waals surface area (Å²) >= 11 is 6.12. The van der Waals surface area contributed by atoms with Gasteiger partial charge in [-0.15, -0.1) is 0 Å². The predicted molar refractivity (Wildman–Crippen MR) is 96.4 cm³/mol. The van der Waals surface area contributed by atoms with Crippen molar-refractivity contribution in [3.8, 4) is 11.5 Å². The Labute approximate surface area is 146 Å². The number of benzene rings is 2. The summed E-state index contributed by atoms with van der Waals surface area (Å²) in [7, 11) is 1.60. The maximum absolute atomic E-state index is 11.8. The molecule has 6 heteroatoms. The normalized spacial score (nSPS) is 10.2. The number of carbonyl (C=O) groups excluding carboxylic acids is 1. The Morgan fingerprint density at radius 2 is 1.71 bits per heavy atom. The van der Waals surface area contributed by atoms with Gasteiger partial charge in [0.25, 0.3) is 0 Å². The van der Waals surface area contributed by atoms with Crippen molar-refractivity contribution in [2.75, 3.05) is 25.6 Å². The first-order valence-corrected chi connectivity index (χ1v) is 7.96. The maximum Gasteiger partial charge on any atom is 0.319 e. The summed E-state index contributed by atoms with van der Waals surface area (Å²) in [4.78, 5) is 11.8. The third-order valence-corrected chi connectivity index (χ3v) is 4.01. The highest BCUT2D eigenvalue weighted by molar-refractivity contribution is 6.32. The lowest BCUT2D eigenvalue weighted by atomic mass is 10.1. The number of amides is 2. The highest BCUT2D eigenvalue weighted by Crippen LogP contribution is 2.25. The Morgan fingerprint density at radius 1 is 1.08 bits per heavy atom. The molecule has 0 bridgehead atoms. The molecular weight excluding hydrogens is 328 g/mol. The minimum absolute atomic E-state index is 0.285. The summed E-state index contributed by atoms with van der Waals surface area (Å²) in [6.07, 6.45) is 0. The van der Waals surface area contributed by atoms with Gasteiger partial charge in [0.2, 0.25) is 0 Å². The Kier molecular flexibility index (Phi) is 6.32. The molecule has 2 aromatic rings. The second-order valence-electron chi connectivity index (χ2n) is 5.33. The largest absolute Gasteiger partial charge is 0.497 e. The lowest BCUT2D eigenvalue weighted by molar-refractivity contribution is 0.247. The molecule has 0 saturated carbocycles. The van der Waals surface area contributed by atoms with E-state index in [0.717, 1.165) is 27.6 Å². The van der Waals surface area contributed by atoms with Gasteiger partial charge in [-0.3, -0.25) is 0 Å². The highest BCUT2D eigenvalue weighted by atomic mass is 35.5. The van der Waals surface area contributed by atoms with Gasteiger partial charge < -0.3 is 20.1 Å². The second kappa shape index (κ2) is 8.45. The smallest absolute Gasteiger partial charge is 0.319 e. The first-order chi connectivity index (χ1) is 11.5. The number of methoxy groups -OCH3 is 1. The molecule has 2 aromatic carbocycles. The molecule has 2 N–H and O–H groups in total. The number of rotatable bonds is 6. The van der Waals surface area contributed by atoms with Crippen molar-refractivity contribution in [1.82, 2.24) is 5.32 Å². The van der Waals surface area contributed by atoms with Crippen LogP contribution in [-0.2, 0) is 0 Å². The fourth-order valence-corrected chi connectivity index (χ4v) is 2.28. The van der Waals surface area contributed by atoms with Gasteiger partial charge in [0.05, 0.1) is 13.7 Å². The number of nitrogens with one attached hydrogen (secondary N) is 2. The van der Waals surface area contributed by atoms with Gasteiger partial charge in [-0.25, -0.2) is 4.79 Å². The van der Waals surface area contributed by atoms with Crippen molar-refractivity contribution in [2.24, 2.45) is 0 Å². The molecule has 0 aliphatic heterocycles. The van der Waals surface area contributed by atoms with Crippen molar-refractivity contribution >= 4 is 23.3 Å². The van der Waals surface area contributed by atoms with Crippen molar-refractivity contribution in [3.63, 3.8) is 0 Å². The molecule has 0 aliphatic rings. The Hall–Kier alpha value is -2.40. The minimum Gasteiger partial charge on any atom is -0.497 e. The molecule has 0 fully saturated rings. The zero-order valence-electron chi connectivity index (χ0n) is 14.0. The van der Waals surface area contributed by atoms with Crippen LogP contribution in [0.5, 0.6) is 11.5 Å². The maximum atomic E-state index is 11.8. The molecule has 0 spiro atoms. The molecule has 128 valence electrons. The lowest BCUT2D eigenvalue weighted by Crippen LogP contribution is -2.32. The van der Waals surface area contributed by atoms with E-state index in [-0.39, 0.29) is 6.03 Å². The molecule has 0 saturated heterocycles. The van der Waals surface area contributed by atoms with Crippen LogP contribution in [0.15, 0.2) is 36.4 Å². The molecule has 0 aliphatic carbocycles. The zero-order valence-corrected chi connectivity index (χ0v) is 14.7. The third-order valence-electron chi connectivity index (χ3n) is 3.41. The molecule has 2 rings (SSSR count). The summed E-state index contributed by atoms with van der Waals surface area (Å²) in [6, 6.07) is 10.6.